The Morgan fingerprint density at radius 3 is 1.69 bits per heavy atom. The minimum Gasteiger partial charge on any atom is -0.283 e. The summed E-state index contributed by atoms with van der Waals surface area (Å²) in [7, 11) is 0. The van der Waals surface area contributed by atoms with Gasteiger partial charge in [0.25, 0.3) is 0 Å². The van der Waals surface area contributed by atoms with Crippen molar-refractivity contribution in [2.24, 2.45) is 0 Å². The molecule has 1 aliphatic heterocycles. The zero-order chi connectivity index (χ0) is 21.2. The zero-order valence-corrected chi connectivity index (χ0v) is 20.2. The number of unbranched alkanes of at least 4 members (excludes halogenated alkanes) is 12. The SMILES string of the molecule is CCCCCCCCCCCCCCCC(CC)SCCCN1C(=O)CCC1=O. The molecule has 0 N–H and O–H groups in total. The molecule has 29 heavy (non-hydrogen) atoms. The van der Waals surface area contributed by atoms with Crippen molar-refractivity contribution in [1.29, 1.82) is 0 Å². The minimum absolute atomic E-state index is 0.0269. The van der Waals surface area contributed by atoms with Crippen molar-refractivity contribution in [3.63, 3.8) is 0 Å². The van der Waals surface area contributed by atoms with Gasteiger partial charge in [0.2, 0.25) is 11.8 Å². The van der Waals surface area contributed by atoms with E-state index in [0.717, 1.165) is 17.4 Å². The maximum absolute atomic E-state index is 11.6. The molecular formula is C25H47NO2S. The average Bonchev–Trinajstić information content (AvgIpc) is 3.04. The first-order chi connectivity index (χ1) is 14.2. The highest BCUT2D eigenvalue weighted by Gasteiger charge is 2.27. The van der Waals surface area contributed by atoms with E-state index < -0.39 is 0 Å². The van der Waals surface area contributed by atoms with Gasteiger partial charge in [-0.3, -0.25) is 14.5 Å². The molecule has 0 saturated carbocycles. The fourth-order valence-electron chi connectivity index (χ4n) is 4.14. The Morgan fingerprint density at radius 2 is 1.21 bits per heavy atom. The average molecular weight is 426 g/mol. The van der Waals surface area contributed by atoms with Crippen LogP contribution in [0.5, 0.6) is 0 Å². The molecule has 170 valence electrons. The van der Waals surface area contributed by atoms with Crippen molar-refractivity contribution in [3.05, 3.63) is 0 Å². The molecule has 0 aromatic heterocycles. The van der Waals surface area contributed by atoms with Gasteiger partial charge in [-0.15, -0.1) is 0 Å². The van der Waals surface area contributed by atoms with Crippen molar-refractivity contribution < 1.29 is 9.59 Å². The molecule has 0 aromatic rings. The Hall–Kier alpha value is -0.510. The summed E-state index contributed by atoms with van der Waals surface area (Å²) in [6.07, 6.45) is 22.7. The molecule has 1 rings (SSSR count). The van der Waals surface area contributed by atoms with E-state index in [1.807, 2.05) is 11.8 Å². The second kappa shape index (κ2) is 18.3. The number of carbonyl (C=O) groups excluding carboxylic acids is 2. The number of carbonyl (C=O) groups is 2. The fraction of sp³-hybridized carbons (Fsp3) is 0.920. The summed E-state index contributed by atoms with van der Waals surface area (Å²) in [6.45, 7) is 5.19. The first-order valence-corrected chi connectivity index (χ1v) is 13.7. The van der Waals surface area contributed by atoms with E-state index in [1.165, 1.54) is 101 Å². The molecule has 1 aliphatic rings. The fourth-order valence-corrected chi connectivity index (χ4v) is 5.34. The first-order valence-electron chi connectivity index (χ1n) is 12.6. The quantitative estimate of drug-likeness (QED) is 0.149. The van der Waals surface area contributed by atoms with E-state index in [-0.39, 0.29) is 11.8 Å². The molecule has 0 aromatic carbocycles. The van der Waals surface area contributed by atoms with Gasteiger partial charge < -0.3 is 0 Å². The van der Waals surface area contributed by atoms with Gasteiger partial charge >= 0.3 is 0 Å². The van der Waals surface area contributed by atoms with E-state index in [4.69, 9.17) is 0 Å². The monoisotopic (exact) mass is 425 g/mol. The van der Waals surface area contributed by atoms with Crippen LogP contribution in [0.1, 0.15) is 129 Å². The largest absolute Gasteiger partial charge is 0.283 e. The lowest BCUT2D eigenvalue weighted by molar-refractivity contribution is -0.138. The number of hydrogen-bond acceptors (Lipinski definition) is 3. The highest BCUT2D eigenvalue weighted by molar-refractivity contribution is 7.99. The van der Waals surface area contributed by atoms with E-state index in [9.17, 15) is 9.59 Å². The summed E-state index contributed by atoms with van der Waals surface area (Å²) in [5.41, 5.74) is 0. The topological polar surface area (TPSA) is 37.4 Å². The van der Waals surface area contributed by atoms with E-state index in [2.05, 4.69) is 13.8 Å². The van der Waals surface area contributed by atoms with Gasteiger partial charge in [0.05, 0.1) is 0 Å². The predicted octanol–water partition coefficient (Wildman–Crippen LogP) is 7.52. The van der Waals surface area contributed by atoms with Gasteiger partial charge in [0.15, 0.2) is 0 Å². The number of likely N-dealkylation sites (tertiary alicyclic amines) is 1. The smallest absolute Gasteiger partial charge is 0.229 e. The standard InChI is InChI=1S/C25H47NO2S/c1-3-5-6-7-8-9-10-11-12-13-14-15-16-18-23(4-2)29-22-17-21-26-24(27)19-20-25(26)28/h23H,3-22H2,1-2H3. The lowest BCUT2D eigenvalue weighted by Crippen LogP contribution is -2.30. The predicted molar refractivity (Wildman–Crippen MR) is 127 cm³/mol. The van der Waals surface area contributed by atoms with Gasteiger partial charge in [-0.1, -0.05) is 97.3 Å². The number of imide groups is 1. The molecular weight excluding hydrogens is 378 g/mol. The highest BCUT2D eigenvalue weighted by atomic mass is 32.2. The van der Waals surface area contributed by atoms with E-state index in [0.29, 0.717) is 19.4 Å². The van der Waals surface area contributed by atoms with Gasteiger partial charge in [-0.2, -0.15) is 11.8 Å². The van der Waals surface area contributed by atoms with Gasteiger partial charge in [-0.05, 0) is 25.0 Å². The minimum atomic E-state index is 0.0269. The second-order valence-electron chi connectivity index (χ2n) is 8.73. The molecule has 0 aliphatic carbocycles. The van der Waals surface area contributed by atoms with Crippen molar-refractivity contribution in [3.8, 4) is 0 Å². The molecule has 3 nitrogen and oxygen atoms in total. The normalized spacial score (nSPS) is 15.4. The number of nitrogens with zero attached hydrogens (tertiary/aromatic N) is 1. The van der Waals surface area contributed by atoms with Crippen LogP contribution in [-0.2, 0) is 9.59 Å². The molecule has 1 saturated heterocycles. The maximum Gasteiger partial charge on any atom is 0.229 e. The van der Waals surface area contributed by atoms with Gasteiger partial charge in [0.1, 0.15) is 0 Å². The molecule has 1 heterocycles. The third-order valence-electron chi connectivity index (χ3n) is 6.12. The van der Waals surface area contributed by atoms with Crippen LogP contribution in [0.25, 0.3) is 0 Å². The van der Waals surface area contributed by atoms with Crippen LogP contribution in [-0.4, -0.2) is 34.3 Å². The maximum atomic E-state index is 11.6. The molecule has 1 fully saturated rings. The van der Waals surface area contributed by atoms with Crippen LogP contribution >= 0.6 is 11.8 Å². The van der Waals surface area contributed by atoms with Crippen LogP contribution in [0.2, 0.25) is 0 Å². The highest BCUT2D eigenvalue weighted by Crippen LogP contribution is 2.23. The summed E-state index contributed by atoms with van der Waals surface area (Å²) in [5, 5.41) is 0.743. The summed E-state index contributed by atoms with van der Waals surface area (Å²) in [6, 6.07) is 0. The lowest BCUT2D eigenvalue weighted by atomic mass is 10.0. The Labute approximate surface area is 185 Å². The molecule has 4 heteroatoms. The van der Waals surface area contributed by atoms with E-state index in [1.54, 1.807) is 0 Å². The van der Waals surface area contributed by atoms with Crippen molar-refractivity contribution in [1.82, 2.24) is 4.90 Å². The summed E-state index contributed by atoms with van der Waals surface area (Å²) >= 11 is 2.04. The van der Waals surface area contributed by atoms with Crippen molar-refractivity contribution >= 4 is 23.6 Å². The van der Waals surface area contributed by atoms with Crippen LogP contribution < -0.4 is 0 Å². The lowest BCUT2D eigenvalue weighted by Gasteiger charge is -2.16. The Balaban J connectivity index is 1.87. The van der Waals surface area contributed by atoms with Crippen LogP contribution in [0, 0.1) is 0 Å². The molecule has 0 bridgehead atoms. The first kappa shape index (κ1) is 26.5. The zero-order valence-electron chi connectivity index (χ0n) is 19.4. The Kier molecular flexibility index (Phi) is 16.7. The van der Waals surface area contributed by atoms with Crippen molar-refractivity contribution in [2.45, 2.75) is 135 Å². The van der Waals surface area contributed by atoms with Crippen LogP contribution in [0.4, 0.5) is 0 Å². The molecule has 0 radical (unpaired) electrons. The molecule has 0 spiro atoms. The Morgan fingerprint density at radius 1 is 0.724 bits per heavy atom. The van der Waals surface area contributed by atoms with Crippen molar-refractivity contribution in [2.75, 3.05) is 12.3 Å². The van der Waals surface area contributed by atoms with Gasteiger partial charge in [0, 0.05) is 24.6 Å². The number of rotatable bonds is 20. The number of thioether (sulfide) groups is 1. The summed E-state index contributed by atoms with van der Waals surface area (Å²) in [4.78, 5) is 24.7. The number of amides is 2. The summed E-state index contributed by atoms with van der Waals surface area (Å²) in [5.74, 6) is 1.12. The van der Waals surface area contributed by atoms with Crippen LogP contribution in [0.3, 0.4) is 0 Å². The van der Waals surface area contributed by atoms with Crippen LogP contribution in [0.15, 0.2) is 0 Å². The Bertz CT molecular complexity index is 411. The third kappa shape index (κ3) is 13.4. The molecule has 1 unspecified atom stereocenters. The summed E-state index contributed by atoms with van der Waals surface area (Å²) < 4.78 is 0. The second-order valence-corrected chi connectivity index (χ2v) is 10.1. The third-order valence-corrected chi connectivity index (χ3v) is 7.68. The molecule has 1 atom stereocenters. The molecule has 2 amide bonds. The van der Waals surface area contributed by atoms with E-state index >= 15 is 0 Å². The number of hydrogen-bond donors (Lipinski definition) is 0. The van der Waals surface area contributed by atoms with Gasteiger partial charge in [-0.25, -0.2) is 0 Å².